The molecule has 11 heavy (non-hydrogen) atoms. The number of aliphatic hydroxyl groups excluding tert-OH is 4. The predicted molar refractivity (Wildman–Crippen MR) is 40.0 cm³/mol. The molecule has 0 bridgehead atoms. The molecule has 0 rings (SSSR count). The van der Waals surface area contributed by atoms with Crippen LogP contribution in [-0.2, 0) is 0 Å². The summed E-state index contributed by atoms with van der Waals surface area (Å²) < 4.78 is 0. The van der Waals surface area contributed by atoms with Crippen LogP contribution in [0.25, 0.3) is 0 Å². The van der Waals surface area contributed by atoms with Crippen molar-refractivity contribution in [1.82, 2.24) is 0 Å². The number of hydrogen-bond donors (Lipinski definition) is 4. The van der Waals surface area contributed by atoms with Crippen LogP contribution >= 0.6 is 0 Å². The molecule has 4 nitrogen and oxygen atoms in total. The topological polar surface area (TPSA) is 80.9 Å². The molecule has 0 aliphatic carbocycles. The third-order valence-electron chi connectivity index (χ3n) is 1.55. The van der Waals surface area contributed by atoms with E-state index in [1.807, 2.05) is 0 Å². The van der Waals surface area contributed by atoms with Crippen molar-refractivity contribution in [1.29, 1.82) is 0 Å². The normalized spacial score (nSPS) is 19.4. The largest absolute Gasteiger partial charge is 0.396 e. The van der Waals surface area contributed by atoms with Crippen molar-refractivity contribution in [2.45, 2.75) is 38.1 Å². The quantitative estimate of drug-likeness (QED) is 0.414. The Kier molecular flexibility index (Phi) is 5.41. The molecule has 0 aromatic carbocycles. The van der Waals surface area contributed by atoms with E-state index in [0.717, 1.165) is 0 Å². The zero-order chi connectivity index (χ0) is 8.85. The van der Waals surface area contributed by atoms with Crippen molar-refractivity contribution in [3.8, 4) is 0 Å². The highest BCUT2D eigenvalue weighted by atomic mass is 16.4. The van der Waals surface area contributed by atoms with Gasteiger partial charge in [0.2, 0.25) is 0 Å². The molecule has 4 N–H and O–H groups in total. The van der Waals surface area contributed by atoms with E-state index >= 15 is 0 Å². The molecule has 0 saturated carbocycles. The average molecular weight is 164 g/mol. The number of aliphatic hydroxyl groups is 4. The molecule has 3 unspecified atom stereocenters. The lowest BCUT2D eigenvalue weighted by molar-refractivity contribution is -0.0558. The summed E-state index contributed by atoms with van der Waals surface area (Å²) in [6.45, 7) is 1.40. The highest BCUT2D eigenvalue weighted by Crippen LogP contribution is 2.05. The van der Waals surface area contributed by atoms with Gasteiger partial charge >= 0.3 is 0 Å². The summed E-state index contributed by atoms with van der Waals surface area (Å²) in [5, 5.41) is 35.3. The molecule has 4 heteroatoms. The van der Waals surface area contributed by atoms with E-state index in [1.54, 1.807) is 0 Å². The van der Waals surface area contributed by atoms with Crippen molar-refractivity contribution in [2.75, 3.05) is 6.61 Å². The van der Waals surface area contributed by atoms with Crippen LogP contribution < -0.4 is 0 Å². The highest BCUT2D eigenvalue weighted by Gasteiger charge is 2.19. The van der Waals surface area contributed by atoms with Gasteiger partial charge in [0.25, 0.3) is 0 Å². The molecule has 0 aromatic rings. The maximum absolute atomic E-state index is 9.10. The van der Waals surface area contributed by atoms with Crippen LogP contribution in [0.2, 0.25) is 0 Å². The van der Waals surface area contributed by atoms with Crippen LogP contribution in [0.5, 0.6) is 0 Å². The maximum atomic E-state index is 9.10. The van der Waals surface area contributed by atoms with E-state index in [-0.39, 0.29) is 6.61 Å². The van der Waals surface area contributed by atoms with E-state index in [1.165, 1.54) is 6.92 Å². The van der Waals surface area contributed by atoms with E-state index < -0.39 is 18.3 Å². The van der Waals surface area contributed by atoms with Crippen LogP contribution in [0.1, 0.15) is 19.8 Å². The van der Waals surface area contributed by atoms with Crippen molar-refractivity contribution in [3.05, 3.63) is 0 Å². The fourth-order valence-electron chi connectivity index (χ4n) is 0.793. The van der Waals surface area contributed by atoms with Gasteiger partial charge in [-0.1, -0.05) is 0 Å². The summed E-state index contributed by atoms with van der Waals surface area (Å²) in [5.41, 5.74) is 0. The minimum absolute atomic E-state index is 0.0103. The number of hydrogen-bond acceptors (Lipinski definition) is 4. The van der Waals surface area contributed by atoms with Gasteiger partial charge in [0, 0.05) is 6.61 Å². The molecule has 3 atom stereocenters. The Morgan fingerprint density at radius 3 is 2.09 bits per heavy atom. The second kappa shape index (κ2) is 5.49. The van der Waals surface area contributed by atoms with Crippen LogP contribution in [0, 0.1) is 0 Å². The fraction of sp³-hybridized carbons (Fsp3) is 1.00. The van der Waals surface area contributed by atoms with E-state index in [4.69, 9.17) is 20.4 Å². The fourth-order valence-corrected chi connectivity index (χ4v) is 0.793. The SMILES string of the molecule is CC(O)C(O)C(O)CCCO. The van der Waals surface area contributed by atoms with Crippen molar-refractivity contribution >= 4 is 0 Å². The monoisotopic (exact) mass is 164 g/mol. The van der Waals surface area contributed by atoms with E-state index in [2.05, 4.69) is 0 Å². The third-order valence-corrected chi connectivity index (χ3v) is 1.55. The molecule has 0 fully saturated rings. The molecule has 68 valence electrons. The van der Waals surface area contributed by atoms with E-state index in [0.29, 0.717) is 12.8 Å². The van der Waals surface area contributed by atoms with Gasteiger partial charge in [0.05, 0.1) is 12.2 Å². The first-order valence-electron chi connectivity index (χ1n) is 3.74. The van der Waals surface area contributed by atoms with Crippen molar-refractivity contribution in [2.24, 2.45) is 0 Å². The number of rotatable bonds is 5. The van der Waals surface area contributed by atoms with Crippen LogP contribution in [0.15, 0.2) is 0 Å². The molecule has 0 aliphatic heterocycles. The minimum Gasteiger partial charge on any atom is -0.396 e. The minimum atomic E-state index is -1.11. The molecular formula is C7H16O4. The summed E-state index contributed by atoms with van der Waals surface area (Å²) in [6, 6.07) is 0. The van der Waals surface area contributed by atoms with Crippen LogP contribution in [-0.4, -0.2) is 45.3 Å². The van der Waals surface area contributed by atoms with Gasteiger partial charge in [0.15, 0.2) is 0 Å². The Bertz CT molecular complexity index is 94.4. The van der Waals surface area contributed by atoms with E-state index in [9.17, 15) is 0 Å². The van der Waals surface area contributed by atoms with Gasteiger partial charge in [-0.25, -0.2) is 0 Å². The lowest BCUT2D eigenvalue weighted by Crippen LogP contribution is -2.35. The summed E-state index contributed by atoms with van der Waals surface area (Å²) in [5.74, 6) is 0. The van der Waals surface area contributed by atoms with Gasteiger partial charge in [0.1, 0.15) is 6.10 Å². The Balaban J connectivity index is 3.55. The van der Waals surface area contributed by atoms with Gasteiger partial charge < -0.3 is 20.4 Å². The smallest absolute Gasteiger partial charge is 0.105 e. The third kappa shape index (κ3) is 4.31. The van der Waals surface area contributed by atoms with Crippen LogP contribution in [0.3, 0.4) is 0 Å². The Hall–Kier alpha value is -0.160. The Morgan fingerprint density at radius 1 is 1.18 bits per heavy atom. The lowest BCUT2D eigenvalue weighted by atomic mass is 10.1. The first kappa shape index (κ1) is 10.8. The maximum Gasteiger partial charge on any atom is 0.105 e. The second-order valence-electron chi connectivity index (χ2n) is 2.66. The van der Waals surface area contributed by atoms with Gasteiger partial charge in [-0.15, -0.1) is 0 Å². The summed E-state index contributed by atoms with van der Waals surface area (Å²) in [7, 11) is 0. The zero-order valence-corrected chi connectivity index (χ0v) is 6.64. The van der Waals surface area contributed by atoms with Gasteiger partial charge in [-0.05, 0) is 19.8 Å². The molecule has 0 heterocycles. The van der Waals surface area contributed by atoms with Crippen LogP contribution in [0.4, 0.5) is 0 Å². The molecular weight excluding hydrogens is 148 g/mol. The molecule has 0 spiro atoms. The predicted octanol–water partition coefficient (Wildman–Crippen LogP) is -1.14. The Labute approximate surface area is 66.1 Å². The zero-order valence-electron chi connectivity index (χ0n) is 6.64. The van der Waals surface area contributed by atoms with Crippen molar-refractivity contribution in [3.63, 3.8) is 0 Å². The summed E-state index contributed by atoms with van der Waals surface area (Å²) in [4.78, 5) is 0. The lowest BCUT2D eigenvalue weighted by Gasteiger charge is -2.19. The van der Waals surface area contributed by atoms with Gasteiger partial charge in [-0.3, -0.25) is 0 Å². The standard InChI is InChI=1S/C7H16O4/c1-5(9)7(11)6(10)3-2-4-8/h5-11H,2-4H2,1H3. The van der Waals surface area contributed by atoms with Crippen molar-refractivity contribution < 1.29 is 20.4 Å². The highest BCUT2D eigenvalue weighted by molar-refractivity contribution is 4.71. The first-order chi connectivity index (χ1) is 5.09. The molecule has 0 aliphatic rings. The molecule has 0 amide bonds. The average Bonchev–Trinajstić information content (AvgIpc) is 1.98. The first-order valence-corrected chi connectivity index (χ1v) is 3.74. The molecule has 0 aromatic heterocycles. The summed E-state index contributed by atoms with van der Waals surface area (Å²) in [6.07, 6.45) is -2.24. The Morgan fingerprint density at radius 2 is 1.73 bits per heavy atom. The molecule has 0 radical (unpaired) electrons. The second-order valence-corrected chi connectivity index (χ2v) is 2.66. The van der Waals surface area contributed by atoms with Gasteiger partial charge in [-0.2, -0.15) is 0 Å². The molecule has 0 saturated heterocycles. The summed E-state index contributed by atoms with van der Waals surface area (Å²) >= 11 is 0.